The minimum absolute atomic E-state index is 0.162. The minimum Gasteiger partial charge on any atom is -0.755 e. The summed E-state index contributed by atoms with van der Waals surface area (Å²) in [6.45, 7) is 0. The molecule has 12 heavy (non-hydrogen) atoms. The van der Waals surface area contributed by atoms with Crippen molar-refractivity contribution in [1.82, 2.24) is 0 Å². The quantitative estimate of drug-likeness (QED) is 0.489. The second-order valence-corrected chi connectivity index (χ2v) is 3.93. The van der Waals surface area contributed by atoms with Gasteiger partial charge >= 0.3 is 5.03 Å². The molecular weight excluding hydrogens is 186 g/mol. The molecule has 6 nitrogen and oxygen atoms in total. The lowest BCUT2D eigenvalue weighted by atomic mass is 10.5. The lowest BCUT2D eigenvalue weighted by Gasteiger charge is -2.37. The predicted octanol–water partition coefficient (Wildman–Crippen LogP) is 0.500. The maximum atomic E-state index is 11.1. The molecule has 1 aliphatic heterocycles. The van der Waals surface area contributed by atoms with Gasteiger partial charge in [0.2, 0.25) is 0 Å². The smallest absolute Gasteiger partial charge is 0.376 e. The molecule has 0 aromatic heterocycles. The lowest BCUT2D eigenvalue weighted by Crippen LogP contribution is -2.10. The highest BCUT2D eigenvalue weighted by atomic mass is 32.3. The van der Waals surface area contributed by atoms with Crippen molar-refractivity contribution in [2.45, 2.75) is 0 Å². The molecule has 0 saturated heterocycles. The molecule has 0 fully saturated rings. The van der Waals surface area contributed by atoms with Gasteiger partial charge in [-0.3, -0.25) is 4.79 Å². The van der Waals surface area contributed by atoms with Crippen molar-refractivity contribution in [3.05, 3.63) is 27.0 Å². The van der Waals surface area contributed by atoms with Crippen molar-refractivity contribution < 1.29 is 24.0 Å². The summed E-state index contributed by atoms with van der Waals surface area (Å²) in [6.07, 6.45) is 2.08. The van der Waals surface area contributed by atoms with E-state index >= 15 is 0 Å². The maximum absolute atomic E-state index is 11.1. The molecule has 1 aliphatic rings. The number of nitrogens with zero attached hydrogens (tertiary/aromatic N) is 1. The minimum atomic E-state index is -3.81. The average molecular weight is 191 g/mol. The number of hydrogen-bond acceptors (Lipinski definition) is 4. The molecule has 7 heteroatoms. The fourth-order valence-corrected chi connectivity index (χ4v) is 1.82. The first-order chi connectivity index (χ1) is 5.50. The number of aldehydes is 1. The van der Waals surface area contributed by atoms with Gasteiger partial charge < -0.3 is 9.11 Å². The van der Waals surface area contributed by atoms with Crippen molar-refractivity contribution in [3.63, 3.8) is 0 Å². The van der Waals surface area contributed by atoms with Crippen LogP contribution < -0.4 is 0 Å². The third kappa shape index (κ3) is 1.13. The zero-order valence-corrected chi connectivity index (χ0v) is 6.52. The van der Waals surface area contributed by atoms with Gasteiger partial charge in [0.05, 0.1) is 9.81 Å². The number of allylic oxidation sites excluding steroid dienone is 3. The first-order valence-electron chi connectivity index (χ1n) is 2.80. The maximum Gasteiger partial charge on any atom is 0.376 e. The molecule has 0 bridgehead atoms. The van der Waals surface area contributed by atoms with Gasteiger partial charge in [-0.15, -0.1) is 0 Å². The predicted molar refractivity (Wildman–Crippen MR) is 38.6 cm³/mol. The Kier molecular flexibility index (Phi) is 2.01. The monoisotopic (exact) mass is 191 g/mol. The van der Waals surface area contributed by atoms with Gasteiger partial charge in [0.25, 0.3) is 4.92 Å². The Morgan fingerprint density at radius 1 is 1.58 bits per heavy atom. The number of rotatable bonds is 2. The van der Waals surface area contributed by atoms with E-state index in [4.69, 9.17) is 9.76 Å². The van der Waals surface area contributed by atoms with Crippen LogP contribution in [0.25, 0.3) is 0 Å². The Morgan fingerprint density at radius 3 is 2.42 bits per heavy atom. The molecule has 1 unspecified atom stereocenters. The van der Waals surface area contributed by atoms with Gasteiger partial charge in [0.15, 0.2) is 6.29 Å². The Morgan fingerprint density at radius 2 is 2.17 bits per heavy atom. The second kappa shape index (κ2) is 2.70. The van der Waals surface area contributed by atoms with Crippen LogP contribution in [0.3, 0.4) is 0 Å². The summed E-state index contributed by atoms with van der Waals surface area (Å²) < 4.78 is 20.1. The van der Waals surface area contributed by atoms with Gasteiger partial charge in [-0.25, -0.2) is 15.8 Å². The number of carbonyl (C=O) groups excluding carboxylic acids is 1. The standard InChI is InChI=1S/C5H5NO5S/c7-3-4-1-2-5(6(8)9)12(4,10)11/h1-3H,(H2-,8,9,10,11). The molecule has 0 aromatic carbocycles. The average Bonchev–Trinajstić information content (AvgIpc) is 2.24. The lowest BCUT2D eigenvalue weighted by molar-refractivity contribution is -0.747. The zero-order chi connectivity index (χ0) is 9.35. The Balaban J connectivity index is 3.05. The normalized spacial score (nSPS) is 33.2. The molecule has 2 N–H and O–H groups in total. The van der Waals surface area contributed by atoms with E-state index in [1.54, 1.807) is 0 Å². The van der Waals surface area contributed by atoms with Crippen LogP contribution in [0.4, 0.5) is 0 Å². The summed E-state index contributed by atoms with van der Waals surface area (Å²) in [4.78, 5) is 19.2. The summed E-state index contributed by atoms with van der Waals surface area (Å²) in [7, 11) is -3.81. The van der Waals surface area contributed by atoms with Crippen LogP contribution in [0.15, 0.2) is 22.1 Å². The van der Waals surface area contributed by atoms with Gasteiger partial charge in [-0.1, -0.05) is 0 Å². The molecule has 1 heterocycles. The van der Waals surface area contributed by atoms with Crippen molar-refractivity contribution in [1.29, 1.82) is 0 Å². The molecule has 0 aromatic rings. The van der Waals surface area contributed by atoms with E-state index in [1.165, 1.54) is 0 Å². The molecule has 0 radical (unpaired) electrons. The van der Waals surface area contributed by atoms with Crippen molar-refractivity contribution >= 4 is 16.9 Å². The van der Waals surface area contributed by atoms with Crippen molar-refractivity contribution in [3.8, 4) is 0 Å². The molecule has 1 rings (SSSR count). The molecule has 1 atom stereocenters. The Labute approximate surface area is 68.7 Å². The molecule has 0 aliphatic carbocycles. The Bertz CT molecular complexity index is 305. The molecule has 0 spiro atoms. The number of carbonyl (C=O) groups is 1. The third-order valence-corrected chi connectivity index (χ3v) is 3.03. The third-order valence-electron chi connectivity index (χ3n) is 1.30. The van der Waals surface area contributed by atoms with Crippen LogP contribution in [0.1, 0.15) is 0 Å². The molecule has 66 valence electrons. The largest absolute Gasteiger partial charge is 0.755 e. The summed E-state index contributed by atoms with van der Waals surface area (Å²) in [5.74, 6) is 0. The summed E-state index contributed by atoms with van der Waals surface area (Å²) in [5, 5.41) is 7.59. The molecule has 0 saturated carbocycles. The van der Waals surface area contributed by atoms with Crippen LogP contribution >= 0.6 is 10.6 Å². The van der Waals surface area contributed by atoms with E-state index in [9.17, 15) is 14.3 Å². The molecule has 0 amide bonds. The topological polar surface area (TPSA) is 101 Å². The van der Waals surface area contributed by atoms with Gasteiger partial charge in [-0.05, 0) is 6.08 Å². The fourth-order valence-electron chi connectivity index (χ4n) is 0.733. The van der Waals surface area contributed by atoms with Gasteiger partial charge in [0.1, 0.15) is 0 Å². The Hall–Kier alpha value is -1.18. The fraction of sp³-hybridized carbons (Fsp3) is 0. The number of hydrogen-bond donors (Lipinski definition) is 2. The van der Waals surface area contributed by atoms with E-state index in [1.807, 2.05) is 0 Å². The highest BCUT2D eigenvalue weighted by Crippen LogP contribution is 2.56. The van der Waals surface area contributed by atoms with E-state index in [2.05, 4.69) is 0 Å². The van der Waals surface area contributed by atoms with E-state index in [0.717, 1.165) is 12.2 Å². The van der Waals surface area contributed by atoms with Crippen molar-refractivity contribution in [2.24, 2.45) is 0 Å². The first-order valence-corrected chi connectivity index (χ1v) is 4.31. The second-order valence-electron chi connectivity index (χ2n) is 1.99. The highest BCUT2D eigenvalue weighted by molar-refractivity contribution is 8.31. The summed E-state index contributed by atoms with van der Waals surface area (Å²) in [6, 6.07) is 0. The zero-order valence-electron chi connectivity index (χ0n) is 5.71. The summed E-state index contributed by atoms with van der Waals surface area (Å²) in [5.41, 5.74) is 0. The van der Waals surface area contributed by atoms with E-state index in [-0.39, 0.29) is 6.29 Å². The molecular formula is C5H5NO5S. The van der Waals surface area contributed by atoms with Crippen LogP contribution in [0.5, 0.6) is 0 Å². The van der Waals surface area contributed by atoms with Crippen molar-refractivity contribution in [2.75, 3.05) is 0 Å². The van der Waals surface area contributed by atoms with E-state index in [0.29, 0.717) is 0 Å². The van der Waals surface area contributed by atoms with E-state index < -0.39 is 25.4 Å². The van der Waals surface area contributed by atoms with Crippen LogP contribution in [-0.2, 0) is 4.79 Å². The first kappa shape index (κ1) is 8.91. The van der Waals surface area contributed by atoms with Gasteiger partial charge in [0, 0.05) is 6.08 Å². The van der Waals surface area contributed by atoms with Crippen LogP contribution in [-0.4, -0.2) is 25.5 Å². The van der Waals surface area contributed by atoms with Gasteiger partial charge in [-0.2, -0.15) is 0 Å². The SMILES string of the molecule is O=CC1=CC=C([N+](=O)O)S1([O-])O. The summed E-state index contributed by atoms with van der Waals surface area (Å²) >= 11 is 0. The highest BCUT2D eigenvalue weighted by Gasteiger charge is 2.33. The van der Waals surface area contributed by atoms with Crippen LogP contribution in [0.2, 0.25) is 0 Å². The van der Waals surface area contributed by atoms with Crippen LogP contribution in [0, 0.1) is 4.91 Å².